The smallest absolute Gasteiger partial charge is 0.225 e. The first-order valence-corrected chi connectivity index (χ1v) is 9.82. The Labute approximate surface area is 166 Å². The van der Waals surface area contributed by atoms with Gasteiger partial charge in [0, 0.05) is 44.6 Å². The van der Waals surface area contributed by atoms with E-state index < -0.39 is 0 Å². The van der Waals surface area contributed by atoms with Gasteiger partial charge >= 0.3 is 0 Å². The van der Waals surface area contributed by atoms with Crippen molar-refractivity contribution in [1.29, 1.82) is 0 Å². The lowest BCUT2D eigenvalue weighted by atomic mass is 9.95. The summed E-state index contributed by atoms with van der Waals surface area (Å²) in [5.74, 6) is 1.56. The summed E-state index contributed by atoms with van der Waals surface area (Å²) in [5, 5.41) is 0. The maximum atomic E-state index is 13.9. The minimum atomic E-state index is -0.193. The van der Waals surface area contributed by atoms with Crippen LogP contribution in [-0.2, 0) is 0 Å². The van der Waals surface area contributed by atoms with Crippen LogP contribution in [0.25, 0.3) is 0 Å². The zero-order valence-electron chi connectivity index (χ0n) is 17.3. The number of rotatable bonds is 2. The lowest BCUT2D eigenvalue weighted by molar-refractivity contribution is 0.214. The topological polar surface area (TPSA) is 44.6 Å². The number of hydrogen-bond donors (Lipinski definition) is 0. The maximum Gasteiger partial charge on any atom is 0.225 e. The molecule has 2 aromatic rings. The fourth-order valence-electron chi connectivity index (χ4n) is 4.90. The highest BCUT2D eigenvalue weighted by Crippen LogP contribution is 2.61. The summed E-state index contributed by atoms with van der Waals surface area (Å²) in [6.45, 7) is 11.1. The standard InChI is InChI=1S/C22H28FN5/c1-15-11-17(23)12-16(2)18(15)19(24-5)28-10-9-27(20-25-7-6-8-26-20)14-22(28)13-21(22,3)4/h6-8,11-12H,9-10,13-14H2,1-5H3. The van der Waals surface area contributed by atoms with Gasteiger partial charge in [-0.2, -0.15) is 0 Å². The molecule has 0 amide bonds. The lowest BCUT2D eigenvalue weighted by Gasteiger charge is -2.46. The van der Waals surface area contributed by atoms with Crippen molar-refractivity contribution in [2.75, 3.05) is 31.6 Å². The number of benzene rings is 1. The number of hydrogen-bond acceptors (Lipinski definition) is 4. The molecule has 1 aliphatic carbocycles. The second kappa shape index (κ2) is 6.54. The van der Waals surface area contributed by atoms with Gasteiger partial charge in [-0.25, -0.2) is 14.4 Å². The average molecular weight is 381 g/mol. The third kappa shape index (κ3) is 2.86. The minimum absolute atomic E-state index is 0.0213. The summed E-state index contributed by atoms with van der Waals surface area (Å²) >= 11 is 0. The van der Waals surface area contributed by atoms with Crippen LogP contribution in [-0.4, -0.2) is 52.9 Å². The number of aromatic nitrogens is 2. The Morgan fingerprint density at radius 1 is 1.11 bits per heavy atom. The number of anilines is 1. The summed E-state index contributed by atoms with van der Waals surface area (Å²) in [6.07, 6.45) is 4.68. The molecule has 1 aromatic heterocycles. The Hall–Kier alpha value is -2.50. The molecule has 148 valence electrons. The predicted molar refractivity (Wildman–Crippen MR) is 110 cm³/mol. The molecule has 1 unspecified atom stereocenters. The monoisotopic (exact) mass is 381 g/mol. The van der Waals surface area contributed by atoms with Crippen LogP contribution in [0.4, 0.5) is 10.3 Å². The molecule has 1 saturated carbocycles. The van der Waals surface area contributed by atoms with Gasteiger partial charge in [-0.3, -0.25) is 4.99 Å². The van der Waals surface area contributed by atoms with Gasteiger partial charge < -0.3 is 9.80 Å². The molecule has 4 rings (SSSR count). The van der Waals surface area contributed by atoms with Crippen molar-refractivity contribution in [3.63, 3.8) is 0 Å². The molecular weight excluding hydrogens is 353 g/mol. The highest BCUT2D eigenvalue weighted by Gasteiger charge is 2.67. The highest BCUT2D eigenvalue weighted by molar-refractivity contribution is 6.02. The van der Waals surface area contributed by atoms with E-state index in [1.165, 1.54) is 0 Å². The van der Waals surface area contributed by atoms with Gasteiger partial charge in [0.15, 0.2) is 0 Å². The van der Waals surface area contributed by atoms with Crippen molar-refractivity contribution in [2.45, 2.75) is 39.7 Å². The number of halogens is 1. The van der Waals surface area contributed by atoms with Crippen molar-refractivity contribution in [1.82, 2.24) is 14.9 Å². The van der Waals surface area contributed by atoms with Gasteiger partial charge in [-0.15, -0.1) is 0 Å². The van der Waals surface area contributed by atoms with Crippen LogP contribution in [0.5, 0.6) is 0 Å². The normalized spacial score (nSPS) is 24.0. The van der Waals surface area contributed by atoms with E-state index in [2.05, 4.69) is 33.6 Å². The molecular formula is C22H28FN5. The molecule has 6 heteroatoms. The number of nitrogens with zero attached hydrogens (tertiary/aromatic N) is 5. The molecule has 0 N–H and O–H groups in total. The number of piperazine rings is 1. The molecule has 28 heavy (non-hydrogen) atoms. The second-order valence-electron chi connectivity index (χ2n) is 8.68. The number of amidine groups is 1. The molecule has 2 heterocycles. The van der Waals surface area contributed by atoms with Gasteiger partial charge in [0.2, 0.25) is 5.95 Å². The third-order valence-electron chi connectivity index (χ3n) is 6.46. The van der Waals surface area contributed by atoms with Crippen LogP contribution < -0.4 is 4.90 Å². The van der Waals surface area contributed by atoms with E-state index in [4.69, 9.17) is 4.99 Å². The molecule has 2 fully saturated rings. The largest absolute Gasteiger partial charge is 0.347 e. The Balaban J connectivity index is 1.72. The van der Waals surface area contributed by atoms with E-state index in [9.17, 15) is 4.39 Å². The van der Waals surface area contributed by atoms with E-state index >= 15 is 0 Å². The van der Waals surface area contributed by atoms with Gasteiger partial charge in [0.25, 0.3) is 0 Å². The van der Waals surface area contributed by atoms with Gasteiger partial charge in [0.05, 0.1) is 5.54 Å². The van der Waals surface area contributed by atoms with Crippen molar-refractivity contribution in [3.8, 4) is 0 Å². The van der Waals surface area contributed by atoms with Gasteiger partial charge in [-0.1, -0.05) is 13.8 Å². The van der Waals surface area contributed by atoms with Crippen molar-refractivity contribution in [3.05, 3.63) is 53.1 Å². The fraction of sp³-hybridized carbons (Fsp3) is 0.500. The van der Waals surface area contributed by atoms with Crippen molar-refractivity contribution < 1.29 is 4.39 Å². The Morgan fingerprint density at radius 2 is 1.71 bits per heavy atom. The Morgan fingerprint density at radius 3 is 2.25 bits per heavy atom. The minimum Gasteiger partial charge on any atom is -0.347 e. The summed E-state index contributed by atoms with van der Waals surface area (Å²) < 4.78 is 13.9. The zero-order chi connectivity index (χ0) is 20.1. The van der Waals surface area contributed by atoms with Crippen LogP contribution in [0.2, 0.25) is 0 Å². The van der Waals surface area contributed by atoms with E-state index in [1.807, 2.05) is 27.0 Å². The molecule has 1 aromatic carbocycles. The van der Waals surface area contributed by atoms with Gasteiger partial charge in [0.1, 0.15) is 11.7 Å². The second-order valence-corrected chi connectivity index (χ2v) is 8.68. The molecule has 1 saturated heterocycles. The lowest BCUT2D eigenvalue weighted by Crippen LogP contribution is -2.59. The first-order chi connectivity index (χ1) is 13.3. The molecule has 0 bridgehead atoms. The van der Waals surface area contributed by atoms with Crippen LogP contribution in [0.15, 0.2) is 35.6 Å². The number of aryl methyl sites for hydroxylation is 2. The maximum absolute atomic E-state index is 13.9. The SMILES string of the molecule is CN=C(c1c(C)cc(F)cc1C)N1CCN(c2ncccn2)CC12CC2(C)C. The summed E-state index contributed by atoms with van der Waals surface area (Å²) in [5.41, 5.74) is 3.06. The molecule has 5 nitrogen and oxygen atoms in total. The molecule has 2 aliphatic rings. The predicted octanol–water partition coefficient (Wildman–Crippen LogP) is 3.60. The van der Waals surface area contributed by atoms with Crippen molar-refractivity contribution in [2.24, 2.45) is 10.4 Å². The first kappa shape index (κ1) is 18.8. The van der Waals surface area contributed by atoms with Crippen molar-refractivity contribution >= 4 is 11.8 Å². The highest BCUT2D eigenvalue weighted by atomic mass is 19.1. The van der Waals surface area contributed by atoms with E-state index in [1.54, 1.807) is 24.5 Å². The summed E-state index contributed by atoms with van der Waals surface area (Å²) in [6, 6.07) is 5.05. The third-order valence-corrected chi connectivity index (χ3v) is 6.46. The fourth-order valence-corrected chi connectivity index (χ4v) is 4.90. The van der Waals surface area contributed by atoms with Crippen LogP contribution >= 0.6 is 0 Å². The van der Waals surface area contributed by atoms with Crippen LogP contribution in [0.3, 0.4) is 0 Å². The molecule has 1 spiro atoms. The van der Waals surface area contributed by atoms with E-state index in [-0.39, 0.29) is 16.8 Å². The summed E-state index contributed by atoms with van der Waals surface area (Å²) in [4.78, 5) is 18.3. The number of aliphatic imine (C=N–C) groups is 1. The molecule has 1 aliphatic heterocycles. The molecule has 0 radical (unpaired) electrons. The van der Waals surface area contributed by atoms with Crippen LogP contribution in [0.1, 0.15) is 37.0 Å². The Bertz CT molecular complexity index is 901. The first-order valence-electron chi connectivity index (χ1n) is 9.82. The Kier molecular flexibility index (Phi) is 4.40. The summed E-state index contributed by atoms with van der Waals surface area (Å²) in [7, 11) is 1.84. The quantitative estimate of drug-likeness (QED) is 0.589. The molecule has 1 atom stereocenters. The average Bonchev–Trinajstić information content (AvgIpc) is 3.19. The van der Waals surface area contributed by atoms with E-state index in [0.717, 1.165) is 54.5 Å². The van der Waals surface area contributed by atoms with Crippen LogP contribution in [0, 0.1) is 25.1 Å². The zero-order valence-corrected chi connectivity index (χ0v) is 17.3. The van der Waals surface area contributed by atoms with Gasteiger partial charge in [-0.05, 0) is 55.0 Å². The van der Waals surface area contributed by atoms with E-state index in [0.29, 0.717) is 0 Å².